The zero-order valence-corrected chi connectivity index (χ0v) is 20.8. The van der Waals surface area contributed by atoms with Gasteiger partial charge in [0.05, 0.1) is 0 Å². The number of hydrogen-bond acceptors (Lipinski definition) is 1. The van der Waals surface area contributed by atoms with E-state index in [1.165, 1.54) is 51.5 Å². The minimum atomic E-state index is 0.665. The summed E-state index contributed by atoms with van der Waals surface area (Å²) >= 11 is 0. The minimum Gasteiger partial charge on any atom is -0.314 e. The van der Waals surface area contributed by atoms with Crippen molar-refractivity contribution in [3.05, 3.63) is 0 Å². The van der Waals surface area contributed by atoms with Gasteiger partial charge in [0.25, 0.3) is 0 Å². The fourth-order valence-electron chi connectivity index (χ4n) is 4.71. The van der Waals surface area contributed by atoms with Crippen molar-refractivity contribution in [2.75, 3.05) is 6.54 Å². The molecule has 0 rings (SSSR count). The van der Waals surface area contributed by atoms with Crippen molar-refractivity contribution in [3.8, 4) is 0 Å². The third-order valence-corrected chi connectivity index (χ3v) is 7.36. The van der Waals surface area contributed by atoms with E-state index in [0.29, 0.717) is 6.04 Å². The van der Waals surface area contributed by atoms with Crippen molar-refractivity contribution in [1.82, 2.24) is 5.32 Å². The molecule has 0 aliphatic heterocycles. The summed E-state index contributed by atoms with van der Waals surface area (Å²) in [6.45, 7) is 25.3. The zero-order chi connectivity index (χ0) is 21.0. The van der Waals surface area contributed by atoms with Crippen LogP contribution in [-0.4, -0.2) is 12.6 Å². The van der Waals surface area contributed by atoms with Crippen molar-refractivity contribution in [2.24, 2.45) is 41.4 Å². The maximum absolute atomic E-state index is 3.97. The molecule has 0 aromatic rings. The van der Waals surface area contributed by atoms with E-state index in [2.05, 4.69) is 74.6 Å². The van der Waals surface area contributed by atoms with Gasteiger partial charge in [0.1, 0.15) is 0 Å². The van der Waals surface area contributed by atoms with Crippen LogP contribution in [0, 0.1) is 41.4 Å². The van der Waals surface area contributed by atoms with Crippen LogP contribution in [0.2, 0.25) is 0 Å². The first-order chi connectivity index (χ1) is 12.6. The average molecular weight is 382 g/mol. The molecule has 1 N–H and O–H groups in total. The van der Waals surface area contributed by atoms with Crippen LogP contribution in [0.1, 0.15) is 114 Å². The van der Waals surface area contributed by atoms with E-state index in [4.69, 9.17) is 0 Å². The summed E-state index contributed by atoms with van der Waals surface area (Å²) < 4.78 is 0. The molecule has 27 heavy (non-hydrogen) atoms. The molecule has 0 bridgehead atoms. The van der Waals surface area contributed by atoms with Crippen LogP contribution in [0.15, 0.2) is 0 Å². The summed E-state index contributed by atoms with van der Waals surface area (Å²) in [6.07, 6.45) is 9.48. The molecule has 0 spiro atoms. The highest BCUT2D eigenvalue weighted by Gasteiger charge is 2.23. The molecule has 0 amide bonds. The van der Waals surface area contributed by atoms with Gasteiger partial charge in [-0.3, -0.25) is 0 Å². The Morgan fingerprint density at radius 1 is 0.667 bits per heavy atom. The molecule has 0 saturated heterocycles. The van der Waals surface area contributed by atoms with Crippen LogP contribution in [0.25, 0.3) is 0 Å². The lowest BCUT2D eigenvalue weighted by Crippen LogP contribution is -2.38. The highest BCUT2D eigenvalue weighted by Crippen LogP contribution is 2.29. The third kappa shape index (κ3) is 11.5. The maximum Gasteiger partial charge on any atom is 0.00926 e. The average Bonchev–Trinajstić information content (AvgIpc) is 2.61. The van der Waals surface area contributed by atoms with Crippen molar-refractivity contribution >= 4 is 0 Å². The lowest BCUT2D eigenvalue weighted by molar-refractivity contribution is 0.215. The van der Waals surface area contributed by atoms with Gasteiger partial charge in [-0.25, -0.2) is 0 Å². The SMILES string of the molecule is CCCCC(C)C(CCNC(CC(C)C(C)CC(C)CC)C(C)C)C(C)C. The quantitative estimate of drug-likeness (QED) is 0.284. The topological polar surface area (TPSA) is 12.0 Å². The maximum atomic E-state index is 3.97. The standard InChI is InChI=1S/C26H55N/c1-11-13-14-22(8)25(19(3)4)15-16-27-26(20(5)6)18-24(10)23(9)17-21(7)12-2/h19-27H,11-18H2,1-10H3. The van der Waals surface area contributed by atoms with Crippen LogP contribution in [0.4, 0.5) is 0 Å². The smallest absolute Gasteiger partial charge is 0.00926 e. The fraction of sp³-hybridized carbons (Fsp3) is 1.00. The monoisotopic (exact) mass is 381 g/mol. The molecular formula is C26H55N. The first-order valence-corrected chi connectivity index (χ1v) is 12.4. The van der Waals surface area contributed by atoms with Crippen LogP contribution in [-0.2, 0) is 0 Å². The van der Waals surface area contributed by atoms with E-state index in [1.54, 1.807) is 0 Å². The number of nitrogens with one attached hydrogen (secondary N) is 1. The van der Waals surface area contributed by atoms with E-state index in [-0.39, 0.29) is 0 Å². The lowest BCUT2D eigenvalue weighted by atomic mass is 9.79. The second-order valence-electron chi connectivity index (χ2n) is 10.6. The van der Waals surface area contributed by atoms with Gasteiger partial charge in [0, 0.05) is 6.04 Å². The van der Waals surface area contributed by atoms with Gasteiger partial charge in [0.15, 0.2) is 0 Å². The van der Waals surface area contributed by atoms with E-state index < -0.39 is 0 Å². The molecule has 0 aliphatic carbocycles. The van der Waals surface area contributed by atoms with Gasteiger partial charge in [-0.2, -0.15) is 0 Å². The molecule has 0 aromatic heterocycles. The van der Waals surface area contributed by atoms with Crippen LogP contribution < -0.4 is 5.32 Å². The Kier molecular flexibility index (Phi) is 14.9. The van der Waals surface area contributed by atoms with Crippen molar-refractivity contribution in [2.45, 2.75) is 120 Å². The van der Waals surface area contributed by atoms with Crippen LogP contribution in [0.3, 0.4) is 0 Å². The largest absolute Gasteiger partial charge is 0.314 e. The highest BCUT2D eigenvalue weighted by molar-refractivity contribution is 4.78. The Morgan fingerprint density at radius 3 is 1.74 bits per heavy atom. The molecule has 6 unspecified atom stereocenters. The van der Waals surface area contributed by atoms with E-state index in [9.17, 15) is 0 Å². The lowest BCUT2D eigenvalue weighted by Gasteiger charge is -2.32. The Labute approximate surface area is 173 Å². The third-order valence-electron chi connectivity index (χ3n) is 7.36. The molecule has 0 fully saturated rings. The van der Waals surface area contributed by atoms with Crippen LogP contribution in [0.5, 0.6) is 0 Å². The van der Waals surface area contributed by atoms with Gasteiger partial charge >= 0.3 is 0 Å². The predicted octanol–water partition coefficient (Wildman–Crippen LogP) is 8.19. The Bertz CT molecular complexity index is 335. The van der Waals surface area contributed by atoms with Crippen molar-refractivity contribution in [1.29, 1.82) is 0 Å². The molecule has 0 heterocycles. The number of hydrogen-bond donors (Lipinski definition) is 1. The summed E-state index contributed by atoms with van der Waals surface area (Å²) in [4.78, 5) is 0. The Balaban J connectivity index is 4.55. The van der Waals surface area contributed by atoms with E-state index in [0.717, 1.165) is 41.4 Å². The van der Waals surface area contributed by atoms with Gasteiger partial charge < -0.3 is 5.32 Å². The molecule has 0 radical (unpaired) electrons. The molecular weight excluding hydrogens is 326 g/mol. The normalized spacial score (nSPS) is 19.1. The first kappa shape index (κ1) is 27.0. The summed E-state index contributed by atoms with van der Waals surface area (Å²) in [5, 5.41) is 3.97. The van der Waals surface area contributed by atoms with E-state index >= 15 is 0 Å². The zero-order valence-electron chi connectivity index (χ0n) is 20.8. The summed E-state index contributed by atoms with van der Waals surface area (Å²) in [5.74, 6) is 5.74. The van der Waals surface area contributed by atoms with E-state index in [1.807, 2.05) is 0 Å². The van der Waals surface area contributed by atoms with Gasteiger partial charge in [0.2, 0.25) is 0 Å². The summed E-state index contributed by atoms with van der Waals surface area (Å²) in [5.41, 5.74) is 0. The number of unbranched alkanes of at least 4 members (excludes halogenated alkanes) is 1. The second kappa shape index (κ2) is 14.9. The van der Waals surface area contributed by atoms with Crippen molar-refractivity contribution < 1.29 is 0 Å². The molecule has 164 valence electrons. The minimum absolute atomic E-state index is 0.665. The molecule has 0 aromatic carbocycles. The van der Waals surface area contributed by atoms with Crippen LogP contribution >= 0.6 is 0 Å². The summed E-state index contributed by atoms with van der Waals surface area (Å²) in [6, 6.07) is 0.665. The molecule has 0 saturated carbocycles. The number of rotatable bonds is 16. The summed E-state index contributed by atoms with van der Waals surface area (Å²) in [7, 11) is 0. The highest BCUT2D eigenvalue weighted by atomic mass is 14.9. The molecule has 6 atom stereocenters. The molecule has 1 heteroatoms. The predicted molar refractivity (Wildman–Crippen MR) is 125 cm³/mol. The van der Waals surface area contributed by atoms with Gasteiger partial charge in [-0.05, 0) is 67.2 Å². The Hall–Kier alpha value is -0.0400. The fourth-order valence-corrected chi connectivity index (χ4v) is 4.71. The second-order valence-corrected chi connectivity index (χ2v) is 10.6. The van der Waals surface area contributed by atoms with Crippen molar-refractivity contribution in [3.63, 3.8) is 0 Å². The first-order valence-electron chi connectivity index (χ1n) is 12.4. The molecule has 1 nitrogen and oxygen atoms in total. The van der Waals surface area contributed by atoms with Gasteiger partial charge in [-0.15, -0.1) is 0 Å². The van der Waals surface area contributed by atoms with Gasteiger partial charge in [-0.1, -0.05) is 94.9 Å². The Morgan fingerprint density at radius 2 is 1.26 bits per heavy atom. The molecule has 0 aliphatic rings.